The molecule has 0 radical (unpaired) electrons. The van der Waals surface area contributed by atoms with Gasteiger partial charge in [0.15, 0.2) is 0 Å². The average Bonchev–Trinajstić information content (AvgIpc) is 2.36. The molecule has 0 saturated heterocycles. The number of carbonyl (C=O) groups excluding carboxylic acids is 1. The van der Waals surface area contributed by atoms with Crippen LogP contribution < -0.4 is 0 Å². The summed E-state index contributed by atoms with van der Waals surface area (Å²) in [6, 6.07) is 7.38. The van der Waals surface area contributed by atoms with Gasteiger partial charge in [0.05, 0.1) is 23.3 Å². The summed E-state index contributed by atoms with van der Waals surface area (Å²) in [5.41, 5.74) is 1.73. The number of benzene rings is 1. The molecule has 0 aliphatic rings. The molecule has 0 fully saturated rings. The van der Waals surface area contributed by atoms with E-state index < -0.39 is 6.10 Å². The molecule has 1 amide bonds. The topological polar surface area (TPSA) is 66.3 Å². The highest BCUT2D eigenvalue weighted by Gasteiger charge is 2.15. The van der Waals surface area contributed by atoms with Crippen LogP contribution >= 0.6 is 0 Å². The van der Waals surface area contributed by atoms with Crippen LogP contribution in [-0.2, 0) is 0 Å². The first kappa shape index (κ1) is 12.4. The first-order valence-corrected chi connectivity index (χ1v) is 5.73. The predicted octanol–water partition coefficient (Wildman–Crippen LogP) is 1.08. The van der Waals surface area contributed by atoms with Gasteiger partial charge in [0.25, 0.3) is 5.91 Å². The quantitative estimate of drug-likeness (QED) is 0.878. The normalized spacial score (nSPS) is 12.4. The summed E-state index contributed by atoms with van der Waals surface area (Å²) in [6.45, 7) is 1.91. The smallest absolute Gasteiger partial charge is 0.273 e. The molecule has 1 aromatic heterocycles. The largest absolute Gasteiger partial charge is 0.392 e. The van der Waals surface area contributed by atoms with Gasteiger partial charge in [-0.05, 0) is 19.1 Å². The van der Waals surface area contributed by atoms with Gasteiger partial charge in [0.1, 0.15) is 5.69 Å². The van der Waals surface area contributed by atoms with Crippen molar-refractivity contribution in [2.24, 2.45) is 0 Å². The highest BCUT2D eigenvalue weighted by molar-refractivity contribution is 5.93. The van der Waals surface area contributed by atoms with Crippen LogP contribution in [-0.4, -0.2) is 45.6 Å². The molecule has 94 valence electrons. The highest BCUT2D eigenvalue weighted by Crippen LogP contribution is 2.09. The summed E-state index contributed by atoms with van der Waals surface area (Å²) in [7, 11) is 1.63. The van der Waals surface area contributed by atoms with E-state index >= 15 is 0 Å². The lowest BCUT2D eigenvalue weighted by Gasteiger charge is -2.18. The molecule has 18 heavy (non-hydrogen) atoms. The van der Waals surface area contributed by atoms with Gasteiger partial charge >= 0.3 is 0 Å². The Balaban J connectivity index is 2.28. The van der Waals surface area contributed by atoms with E-state index in [1.807, 2.05) is 24.3 Å². The lowest BCUT2D eigenvalue weighted by molar-refractivity contribution is 0.0698. The Morgan fingerprint density at radius 1 is 1.39 bits per heavy atom. The van der Waals surface area contributed by atoms with Crippen molar-refractivity contribution >= 4 is 16.9 Å². The van der Waals surface area contributed by atoms with Crippen molar-refractivity contribution in [3.8, 4) is 0 Å². The second-order valence-electron chi connectivity index (χ2n) is 4.28. The van der Waals surface area contributed by atoms with E-state index in [-0.39, 0.29) is 18.1 Å². The summed E-state index contributed by atoms with van der Waals surface area (Å²) in [6.07, 6.45) is 0.899. The van der Waals surface area contributed by atoms with Gasteiger partial charge in [-0.3, -0.25) is 9.78 Å². The standard InChI is InChI=1S/C13H15N3O2/c1-9(17)8-16(2)13(18)12-7-14-10-5-3-4-6-11(10)15-12/h3-7,9,17H,8H2,1-2H3. The van der Waals surface area contributed by atoms with Crippen LogP contribution in [0.4, 0.5) is 0 Å². The molecule has 1 unspecified atom stereocenters. The number of aromatic nitrogens is 2. The molecule has 0 aliphatic carbocycles. The molecule has 5 heteroatoms. The monoisotopic (exact) mass is 245 g/mol. The van der Waals surface area contributed by atoms with Gasteiger partial charge in [-0.2, -0.15) is 0 Å². The third-order valence-corrected chi connectivity index (χ3v) is 2.55. The van der Waals surface area contributed by atoms with Crippen molar-refractivity contribution in [2.45, 2.75) is 13.0 Å². The first-order valence-electron chi connectivity index (χ1n) is 5.73. The molecule has 1 atom stereocenters. The lowest BCUT2D eigenvalue weighted by atomic mass is 10.3. The van der Waals surface area contributed by atoms with Gasteiger partial charge in [-0.1, -0.05) is 12.1 Å². The van der Waals surface area contributed by atoms with Crippen molar-refractivity contribution in [1.29, 1.82) is 0 Å². The maximum Gasteiger partial charge on any atom is 0.273 e. The number of likely N-dealkylation sites (N-methyl/N-ethyl adjacent to an activating group) is 1. The molecular formula is C13H15N3O2. The Bertz CT molecular complexity index is 569. The molecule has 1 heterocycles. The van der Waals surface area contributed by atoms with E-state index in [0.717, 1.165) is 5.52 Å². The predicted molar refractivity (Wildman–Crippen MR) is 68.2 cm³/mol. The molecule has 0 aliphatic heterocycles. The van der Waals surface area contributed by atoms with Gasteiger partial charge in [-0.15, -0.1) is 0 Å². The molecule has 1 N–H and O–H groups in total. The van der Waals surface area contributed by atoms with Crippen LogP contribution in [0.25, 0.3) is 11.0 Å². The van der Waals surface area contributed by atoms with E-state index in [1.165, 1.54) is 11.1 Å². The Morgan fingerprint density at radius 3 is 2.72 bits per heavy atom. The van der Waals surface area contributed by atoms with Crippen LogP contribution in [0.15, 0.2) is 30.5 Å². The lowest BCUT2D eigenvalue weighted by Crippen LogP contribution is -2.33. The van der Waals surface area contributed by atoms with Crippen LogP contribution in [0.2, 0.25) is 0 Å². The number of aliphatic hydroxyl groups excluding tert-OH is 1. The number of rotatable bonds is 3. The number of hydrogen-bond donors (Lipinski definition) is 1. The SMILES string of the molecule is CC(O)CN(C)C(=O)c1cnc2ccccc2n1. The van der Waals surface area contributed by atoms with Crippen LogP contribution in [0.3, 0.4) is 0 Å². The second kappa shape index (κ2) is 5.10. The Kier molecular flexibility index (Phi) is 3.53. The zero-order chi connectivity index (χ0) is 13.1. The molecule has 2 aromatic rings. The number of para-hydroxylation sites is 2. The van der Waals surface area contributed by atoms with Crippen LogP contribution in [0.5, 0.6) is 0 Å². The Hall–Kier alpha value is -2.01. The Morgan fingerprint density at radius 2 is 2.06 bits per heavy atom. The molecule has 5 nitrogen and oxygen atoms in total. The average molecular weight is 245 g/mol. The molecule has 0 saturated carbocycles. The first-order chi connectivity index (χ1) is 8.58. The fraction of sp³-hybridized carbons (Fsp3) is 0.308. The van der Waals surface area contributed by atoms with Crippen molar-refractivity contribution in [3.63, 3.8) is 0 Å². The third kappa shape index (κ3) is 2.62. The third-order valence-electron chi connectivity index (χ3n) is 2.55. The number of hydrogen-bond acceptors (Lipinski definition) is 4. The fourth-order valence-electron chi connectivity index (χ4n) is 1.74. The van der Waals surface area contributed by atoms with Crippen molar-refractivity contribution < 1.29 is 9.90 Å². The number of nitrogens with zero attached hydrogens (tertiary/aromatic N) is 3. The second-order valence-corrected chi connectivity index (χ2v) is 4.28. The van der Waals surface area contributed by atoms with Crippen LogP contribution in [0.1, 0.15) is 17.4 Å². The summed E-state index contributed by atoms with van der Waals surface area (Å²) < 4.78 is 0. The fourth-order valence-corrected chi connectivity index (χ4v) is 1.74. The van der Waals surface area contributed by atoms with Gasteiger partial charge in [0.2, 0.25) is 0 Å². The summed E-state index contributed by atoms with van der Waals surface area (Å²) in [5.74, 6) is -0.242. The number of carbonyl (C=O) groups is 1. The van der Waals surface area contributed by atoms with Gasteiger partial charge in [-0.25, -0.2) is 4.98 Å². The van der Waals surface area contributed by atoms with E-state index in [4.69, 9.17) is 0 Å². The van der Waals surface area contributed by atoms with E-state index in [9.17, 15) is 9.90 Å². The molecule has 1 aromatic carbocycles. The molecule has 2 rings (SSSR count). The summed E-state index contributed by atoms with van der Waals surface area (Å²) >= 11 is 0. The zero-order valence-corrected chi connectivity index (χ0v) is 10.4. The van der Waals surface area contributed by atoms with E-state index in [1.54, 1.807) is 14.0 Å². The van der Waals surface area contributed by atoms with Crippen molar-refractivity contribution in [1.82, 2.24) is 14.9 Å². The minimum absolute atomic E-state index is 0.242. The summed E-state index contributed by atoms with van der Waals surface area (Å²) in [5, 5.41) is 9.26. The van der Waals surface area contributed by atoms with Crippen molar-refractivity contribution in [3.05, 3.63) is 36.2 Å². The highest BCUT2D eigenvalue weighted by atomic mass is 16.3. The molecule has 0 spiro atoms. The number of fused-ring (bicyclic) bond motifs is 1. The van der Waals surface area contributed by atoms with Gasteiger partial charge < -0.3 is 10.0 Å². The molecular weight excluding hydrogens is 230 g/mol. The molecule has 0 bridgehead atoms. The maximum atomic E-state index is 12.0. The minimum atomic E-state index is -0.563. The maximum absolute atomic E-state index is 12.0. The van der Waals surface area contributed by atoms with Crippen molar-refractivity contribution in [2.75, 3.05) is 13.6 Å². The summed E-state index contributed by atoms with van der Waals surface area (Å²) in [4.78, 5) is 21.9. The van der Waals surface area contributed by atoms with E-state index in [0.29, 0.717) is 5.52 Å². The minimum Gasteiger partial charge on any atom is -0.392 e. The number of amides is 1. The Labute approximate surface area is 105 Å². The van der Waals surface area contributed by atoms with E-state index in [2.05, 4.69) is 9.97 Å². The van der Waals surface area contributed by atoms with Crippen LogP contribution in [0, 0.1) is 0 Å². The number of aliphatic hydroxyl groups is 1. The zero-order valence-electron chi connectivity index (χ0n) is 10.4. The van der Waals surface area contributed by atoms with Gasteiger partial charge in [0, 0.05) is 13.6 Å².